The van der Waals surface area contributed by atoms with E-state index in [1.165, 1.54) is 5.57 Å². The van der Waals surface area contributed by atoms with Gasteiger partial charge in [0, 0.05) is 30.8 Å². The second kappa shape index (κ2) is 9.39. The second-order valence-electron chi connectivity index (χ2n) is 9.60. The number of nitrogens with one attached hydrogen (secondary N) is 1. The maximum absolute atomic E-state index is 13.3. The van der Waals surface area contributed by atoms with Gasteiger partial charge in [-0.15, -0.1) is 0 Å². The first-order chi connectivity index (χ1) is 15.0. The summed E-state index contributed by atoms with van der Waals surface area (Å²) in [5.41, 5.74) is 3.19. The number of carbonyl (C=O) groups excluding carboxylic acids is 2. The van der Waals surface area contributed by atoms with Crippen LogP contribution in [-0.4, -0.2) is 54.8 Å². The van der Waals surface area contributed by atoms with E-state index in [9.17, 15) is 9.59 Å². The lowest BCUT2D eigenvalue weighted by Gasteiger charge is -2.39. The molecule has 3 aliphatic heterocycles. The van der Waals surface area contributed by atoms with Crippen molar-refractivity contribution in [3.8, 4) is 0 Å². The first kappa shape index (κ1) is 21.8. The van der Waals surface area contributed by atoms with Gasteiger partial charge >= 0.3 is 0 Å². The molecule has 31 heavy (non-hydrogen) atoms. The molecule has 5 heteroatoms. The normalized spacial score (nSPS) is 25.0. The summed E-state index contributed by atoms with van der Waals surface area (Å²) in [6, 6.07) is 9.92. The smallest absolute Gasteiger partial charge is 0.246 e. The summed E-state index contributed by atoms with van der Waals surface area (Å²) in [6.07, 6.45) is 9.34. The van der Waals surface area contributed by atoms with Gasteiger partial charge in [-0.1, -0.05) is 35.9 Å². The molecular weight excluding hydrogens is 386 g/mol. The third kappa shape index (κ3) is 4.93. The number of hydrogen-bond acceptors (Lipinski definition) is 3. The molecule has 3 aliphatic rings. The van der Waals surface area contributed by atoms with Gasteiger partial charge in [-0.3, -0.25) is 9.59 Å². The molecule has 166 valence electrons. The first-order valence-corrected chi connectivity index (χ1v) is 11.7. The van der Waals surface area contributed by atoms with Crippen molar-refractivity contribution < 1.29 is 9.59 Å². The van der Waals surface area contributed by atoms with Crippen molar-refractivity contribution in [2.45, 2.75) is 45.4 Å². The van der Waals surface area contributed by atoms with E-state index in [0.29, 0.717) is 6.54 Å². The predicted molar refractivity (Wildman–Crippen MR) is 124 cm³/mol. The maximum Gasteiger partial charge on any atom is 0.246 e. The van der Waals surface area contributed by atoms with Crippen molar-refractivity contribution in [1.82, 2.24) is 15.1 Å². The maximum atomic E-state index is 13.3. The monoisotopic (exact) mass is 421 g/mol. The molecule has 2 fully saturated rings. The van der Waals surface area contributed by atoms with E-state index in [1.807, 2.05) is 41.3 Å². The molecule has 0 aromatic heterocycles. The minimum absolute atomic E-state index is 0.0542. The Bertz CT molecular complexity index is 866. The minimum atomic E-state index is -0.224. The standard InChI is InChI=1S/C26H35N3O2/c1-20-12-13-26(14-17-28(2)18-15-26)25(31)27-24(20)22-9-6-16-29(19-22)23(30)11-10-21-7-4-3-5-8-21/h3-5,7-8,10-11,22H,6,9,12-19H2,1-2H3,(H,27,31)/b11-10+. The topological polar surface area (TPSA) is 52.7 Å². The van der Waals surface area contributed by atoms with E-state index in [1.54, 1.807) is 6.08 Å². The fourth-order valence-electron chi connectivity index (χ4n) is 5.26. The van der Waals surface area contributed by atoms with Crippen molar-refractivity contribution >= 4 is 17.9 Å². The molecule has 0 bridgehead atoms. The van der Waals surface area contributed by atoms with Gasteiger partial charge in [0.1, 0.15) is 0 Å². The molecule has 5 nitrogen and oxygen atoms in total. The van der Waals surface area contributed by atoms with Crippen LogP contribution in [0.2, 0.25) is 0 Å². The Morgan fingerprint density at radius 1 is 1.13 bits per heavy atom. The highest BCUT2D eigenvalue weighted by atomic mass is 16.2. The van der Waals surface area contributed by atoms with Crippen LogP contribution in [0.15, 0.2) is 47.7 Å². The molecule has 1 aromatic carbocycles. The van der Waals surface area contributed by atoms with E-state index >= 15 is 0 Å². The van der Waals surface area contributed by atoms with E-state index in [-0.39, 0.29) is 23.1 Å². The Balaban J connectivity index is 1.43. The van der Waals surface area contributed by atoms with Crippen molar-refractivity contribution in [3.63, 3.8) is 0 Å². The molecular formula is C26H35N3O2. The van der Waals surface area contributed by atoms with Crippen LogP contribution < -0.4 is 5.32 Å². The van der Waals surface area contributed by atoms with Crippen LogP contribution in [0.4, 0.5) is 0 Å². The number of likely N-dealkylation sites (tertiary alicyclic amines) is 2. The number of amides is 2. The summed E-state index contributed by atoms with van der Waals surface area (Å²) in [5.74, 6) is 0.478. The third-order valence-corrected chi connectivity index (χ3v) is 7.47. The van der Waals surface area contributed by atoms with Crippen LogP contribution in [0.1, 0.15) is 51.0 Å². The summed E-state index contributed by atoms with van der Waals surface area (Å²) >= 11 is 0. The number of piperidine rings is 2. The molecule has 0 aliphatic carbocycles. The highest BCUT2D eigenvalue weighted by Gasteiger charge is 2.43. The zero-order valence-electron chi connectivity index (χ0n) is 18.9. The fourth-order valence-corrected chi connectivity index (χ4v) is 5.26. The second-order valence-corrected chi connectivity index (χ2v) is 9.60. The highest BCUT2D eigenvalue weighted by molar-refractivity contribution is 5.92. The van der Waals surface area contributed by atoms with E-state index in [0.717, 1.165) is 69.4 Å². The van der Waals surface area contributed by atoms with E-state index in [2.05, 4.69) is 24.2 Å². The van der Waals surface area contributed by atoms with Crippen LogP contribution >= 0.6 is 0 Å². The zero-order chi connectivity index (χ0) is 21.8. The molecule has 1 N–H and O–H groups in total. The zero-order valence-corrected chi connectivity index (χ0v) is 18.9. The summed E-state index contributed by atoms with van der Waals surface area (Å²) in [5, 5.41) is 3.36. The van der Waals surface area contributed by atoms with Gasteiger partial charge < -0.3 is 15.1 Å². The molecule has 4 rings (SSSR count). The Labute approximate surface area is 186 Å². The number of carbonyl (C=O) groups is 2. The van der Waals surface area contributed by atoms with Crippen LogP contribution in [0, 0.1) is 11.3 Å². The Morgan fingerprint density at radius 2 is 1.87 bits per heavy atom. The minimum Gasteiger partial charge on any atom is -0.338 e. The highest BCUT2D eigenvalue weighted by Crippen LogP contribution is 2.41. The van der Waals surface area contributed by atoms with Gasteiger partial charge in [-0.25, -0.2) is 0 Å². The van der Waals surface area contributed by atoms with Crippen molar-refractivity contribution in [3.05, 3.63) is 53.2 Å². The Morgan fingerprint density at radius 3 is 2.61 bits per heavy atom. The molecule has 1 atom stereocenters. The summed E-state index contributed by atoms with van der Waals surface area (Å²) in [6.45, 7) is 5.60. The van der Waals surface area contributed by atoms with Crippen LogP contribution in [-0.2, 0) is 9.59 Å². The average molecular weight is 422 g/mol. The lowest BCUT2D eigenvalue weighted by atomic mass is 9.74. The summed E-state index contributed by atoms with van der Waals surface area (Å²) in [7, 11) is 2.14. The van der Waals surface area contributed by atoms with Crippen LogP contribution in [0.5, 0.6) is 0 Å². The van der Waals surface area contributed by atoms with Gasteiger partial charge in [0.2, 0.25) is 11.8 Å². The van der Waals surface area contributed by atoms with Gasteiger partial charge in [0.15, 0.2) is 0 Å². The Kier molecular flexibility index (Phi) is 6.61. The molecule has 0 radical (unpaired) electrons. The number of allylic oxidation sites excluding steroid dienone is 1. The number of rotatable bonds is 3. The van der Waals surface area contributed by atoms with Crippen molar-refractivity contribution in [2.24, 2.45) is 11.3 Å². The lowest BCUT2D eigenvalue weighted by molar-refractivity contribution is -0.133. The number of hydrogen-bond donors (Lipinski definition) is 1. The SMILES string of the molecule is CC1=C(C2CCCN(C(=O)/C=C/c3ccccc3)C2)NC(=O)C2(CC1)CCN(C)CC2. The van der Waals surface area contributed by atoms with E-state index in [4.69, 9.17) is 0 Å². The molecule has 2 saturated heterocycles. The molecule has 0 saturated carbocycles. The lowest BCUT2D eigenvalue weighted by Crippen LogP contribution is -2.48. The summed E-state index contributed by atoms with van der Waals surface area (Å²) < 4.78 is 0. The van der Waals surface area contributed by atoms with Crippen LogP contribution in [0.3, 0.4) is 0 Å². The third-order valence-electron chi connectivity index (χ3n) is 7.47. The fraction of sp³-hybridized carbons (Fsp3) is 0.538. The van der Waals surface area contributed by atoms with Crippen molar-refractivity contribution in [2.75, 3.05) is 33.2 Å². The van der Waals surface area contributed by atoms with Gasteiger partial charge in [-0.2, -0.15) is 0 Å². The average Bonchev–Trinajstić information content (AvgIpc) is 2.92. The van der Waals surface area contributed by atoms with Gasteiger partial charge in [-0.05, 0) is 77.2 Å². The molecule has 1 spiro atoms. The predicted octanol–water partition coefficient (Wildman–Crippen LogP) is 3.83. The molecule has 1 unspecified atom stereocenters. The van der Waals surface area contributed by atoms with Gasteiger partial charge in [0.25, 0.3) is 0 Å². The molecule has 2 amide bonds. The van der Waals surface area contributed by atoms with Crippen molar-refractivity contribution in [1.29, 1.82) is 0 Å². The Hall–Kier alpha value is -2.40. The quantitative estimate of drug-likeness (QED) is 0.755. The van der Waals surface area contributed by atoms with E-state index < -0.39 is 0 Å². The van der Waals surface area contributed by atoms with Gasteiger partial charge in [0.05, 0.1) is 5.41 Å². The number of nitrogens with zero attached hydrogens (tertiary/aromatic N) is 2. The summed E-state index contributed by atoms with van der Waals surface area (Å²) in [4.78, 5) is 30.4. The first-order valence-electron chi connectivity index (χ1n) is 11.7. The molecule has 1 aromatic rings. The number of benzene rings is 1. The largest absolute Gasteiger partial charge is 0.338 e. The molecule has 3 heterocycles. The van der Waals surface area contributed by atoms with Crippen LogP contribution in [0.25, 0.3) is 6.08 Å².